The number of carbonyl (C=O) groups is 3. The number of nitro groups is 1. The van der Waals surface area contributed by atoms with Crippen molar-refractivity contribution in [2.75, 3.05) is 6.61 Å². The lowest BCUT2D eigenvalue weighted by Gasteiger charge is -2.16. The molecule has 0 aliphatic heterocycles. The Morgan fingerprint density at radius 3 is 2.33 bits per heavy atom. The lowest BCUT2D eigenvalue weighted by atomic mass is 9.89. The highest BCUT2D eigenvalue weighted by atomic mass is 16.6. The molecule has 0 heterocycles. The second-order valence-corrected chi connectivity index (χ2v) is 7.46. The van der Waals surface area contributed by atoms with E-state index in [1.807, 2.05) is 12.1 Å². The van der Waals surface area contributed by atoms with E-state index in [2.05, 4.69) is 0 Å². The molecule has 0 saturated carbocycles. The molecule has 0 radical (unpaired) electrons. The summed E-state index contributed by atoms with van der Waals surface area (Å²) in [6.07, 6.45) is 4.17. The van der Waals surface area contributed by atoms with Crippen LogP contribution in [-0.4, -0.2) is 29.1 Å². The zero-order valence-corrected chi connectivity index (χ0v) is 16.8. The summed E-state index contributed by atoms with van der Waals surface area (Å²) in [5.74, 6) is -1.33. The average Bonchev–Trinajstić information content (AvgIpc) is 2.75. The van der Waals surface area contributed by atoms with Crippen LogP contribution in [0, 0.1) is 17.0 Å². The number of aryl methyl sites for hydroxylation is 3. The fraction of sp³-hybridized carbons (Fsp3) is 0.348. The molecule has 2 aromatic rings. The molecule has 3 rings (SSSR count). The van der Waals surface area contributed by atoms with E-state index in [4.69, 9.17) is 4.74 Å². The molecule has 2 aromatic carbocycles. The van der Waals surface area contributed by atoms with E-state index in [1.165, 1.54) is 35.7 Å². The van der Waals surface area contributed by atoms with Crippen LogP contribution in [-0.2, 0) is 22.4 Å². The molecule has 7 heteroatoms. The molecule has 1 aliphatic rings. The topological polar surface area (TPSA) is 104 Å². The SMILES string of the molecule is Cc1ccc(C(=O)COC(=O)CCC(=O)c2ccc3c(c2)CCCC3)cc1[N+](=O)[O-]. The first-order valence-corrected chi connectivity index (χ1v) is 9.94. The van der Waals surface area contributed by atoms with Crippen LogP contribution in [0.4, 0.5) is 5.69 Å². The Bertz CT molecular complexity index is 1010. The van der Waals surface area contributed by atoms with Gasteiger partial charge in [0.05, 0.1) is 11.3 Å². The molecule has 0 amide bonds. The van der Waals surface area contributed by atoms with Gasteiger partial charge in [-0.2, -0.15) is 0 Å². The highest BCUT2D eigenvalue weighted by molar-refractivity contribution is 5.99. The highest BCUT2D eigenvalue weighted by Crippen LogP contribution is 2.23. The van der Waals surface area contributed by atoms with Crippen molar-refractivity contribution in [1.29, 1.82) is 0 Å². The standard InChI is InChI=1S/C23H23NO6/c1-15-6-7-19(13-20(15)24(28)29)22(26)14-30-23(27)11-10-21(25)18-9-8-16-4-2-3-5-17(16)12-18/h6-9,12-13H,2-5,10-11,14H2,1H3. The number of hydrogen-bond donors (Lipinski definition) is 0. The fourth-order valence-electron chi connectivity index (χ4n) is 3.55. The van der Waals surface area contributed by atoms with Gasteiger partial charge in [0.15, 0.2) is 12.4 Å². The molecule has 7 nitrogen and oxygen atoms in total. The summed E-state index contributed by atoms with van der Waals surface area (Å²) in [5.41, 5.74) is 3.45. The van der Waals surface area contributed by atoms with Gasteiger partial charge in [-0.15, -0.1) is 0 Å². The zero-order valence-electron chi connectivity index (χ0n) is 16.8. The first-order chi connectivity index (χ1) is 14.3. The summed E-state index contributed by atoms with van der Waals surface area (Å²) in [4.78, 5) is 46.9. The summed E-state index contributed by atoms with van der Waals surface area (Å²) in [6, 6.07) is 9.80. The quantitative estimate of drug-likeness (QED) is 0.280. The second kappa shape index (κ2) is 9.43. The predicted molar refractivity (Wildman–Crippen MR) is 110 cm³/mol. The van der Waals surface area contributed by atoms with Crippen LogP contribution in [0.15, 0.2) is 36.4 Å². The third kappa shape index (κ3) is 5.17. The van der Waals surface area contributed by atoms with E-state index in [-0.39, 0.29) is 29.9 Å². The summed E-state index contributed by atoms with van der Waals surface area (Å²) in [6.45, 7) is 1.05. The van der Waals surface area contributed by atoms with Crippen molar-refractivity contribution >= 4 is 23.2 Å². The molecule has 0 spiro atoms. The molecule has 0 unspecified atom stereocenters. The van der Waals surface area contributed by atoms with Gasteiger partial charge in [0.25, 0.3) is 5.69 Å². The smallest absolute Gasteiger partial charge is 0.306 e. The van der Waals surface area contributed by atoms with Crippen molar-refractivity contribution < 1.29 is 24.0 Å². The molecule has 156 valence electrons. The maximum absolute atomic E-state index is 12.4. The van der Waals surface area contributed by atoms with Gasteiger partial charge < -0.3 is 4.74 Å². The van der Waals surface area contributed by atoms with Gasteiger partial charge in [-0.05, 0) is 49.8 Å². The van der Waals surface area contributed by atoms with Crippen molar-refractivity contribution in [2.24, 2.45) is 0 Å². The normalized spacial score (nSPS) is 12.7. The Labute approximate surface area is 174 Å². The van der Waals surface area contributed by atoms with Gasteiger partial charge in [0.2, 0.25) is 5.78 Å². The number of rotatable bonds is 8. The fourth-order valence-corrected chi connectivity index (χ4v) is 3.55. The first-order valence-electron chi connectivity index (χ1n) is 9.94. The number of carbonyl (C=O) groups excluding carboxylic acids is 3. The van der Waals surface area contributed by atoms with Crippen LogP contribution in [0.2, 0.25) is 0 Å². The van der Waals surface area contributed by atoms with Crippen LogP contribution < -0.4 is 0 Å². The molecule has 0 saturated heterocycles. The van der Waals surface area contributed by atoms with E-state index in [0.717, 1.165) is 19.3 Å². The minimum absolute atomic E-state index is 0.00180. The Morgan fingerprint density at radius 2 is 1.60 bits per heavy atom. The zero-order chi connectivity index (χ0) is 21.7. The molecule has 0 N–H and O–H groups in total. The maximum Gasteiger partial charge on any atom is 0.306 e. The molecule has 30 heavy (non-hydrogen) atoms. The van der Waals surface area contributed by atoms with Crippen LogP contribution >= 0.6 is 0 Å². The van der Waals surface area contributed by atoms with Crippen LogP contribution in [0.1, 0.15) is 63.1 Å². The molecule has 0 aromatic heterocycles. The molecular weight excluding hydrogens is 386 g/mol. The van der Waals surface area contributed by atoms with E-state index in [0.29, 0.717) is 11.1 Å². The monoisotopic (exact) mass is 409 g/mol. The summed E-state index contributed by atoms with van der Waals surface area (Å²) < 4.78 is 4.96. The number of benzene rings is 2. The third-order valence-corrected chi connectivity index (χ3v) is 5.32. The Hall–Kier alpha value is -3.35. The van der Waals surface area contributed by atoms with Gasteiger partial charge in [-0.1, -0.05) is 24.3 Å². The Kier molecular flexibility index (Phi) is 6.72. The van der Waals surface area contributed by atoms with Crippen LogP contribution in [0.25, 0.3) is 0 Å². The van der Waals surface area contributed by atoms with Gasteiger partial charge in [-0.3, -0.25) is 24.5 Å². The number of nitrogens with zero attached hydrogens (tertiary/aromatic N) is 1. The van der Waals surface area contributed by atoms with Crippen molar-refractivity contribution in [1.82, 2.24) is 0 Å². The largest absolute Gasteiger partial charge is 0.457 e. The maximum atomic E-state index is 12.4. The van der Waals surface area contributed by atoms with Crippen molar-refractivity contribution in [3.05, 3.63) is 74.3 Å². The van der Waals surface area contributed by atoms with Gasteiger partial charge in [0, 0.05) is 29.2 Å². The van der Waals surface area contributed by atoms with Crippen LogP contribution in [0.3, 0.4) is 0 Å². The number of hydrogen-bond acceptors (Lipinski definition) is 6. The van der Waals surface area contributed by atoms with E-state index in [1.54, 1.807) is 13.0 Å². The third-order valence-electron chi connectivity index (χ3n) is 5.32. The molecular formula is C23H23NO6. The molecule has 0 bridgehead atoms. The average molecular weight is 409 g/mol. The first kappa shape index (κ1) is 21.4. The molecule has 1 aliphatic carbocycles. The Balaban J connectivity index is 1.50. The number of esters is 1. The number of ketones is 2. The van der Waals surface area contributed by atoms with E-state index >= 15 is 0 Å². The number of Topliss-reactive ketones (excluding diaryl/α,β-unsaturated/α-hetero) is 2. The van der Waals surface area contributed by atoms with E-state index in [9.17, 15) is 24.5 Å². The van der Waals surface area contributed by atoms with Gasteiger partial charge in [0.1, 0.15) is 0 Å². The van der Waals surface area contributed by atoms with Crippen molar-refractivity contribution in [3.63, 3.8) is 0 Å². The molecule has 0 atom stereocenters. The number of nitro benzene ring substituents is 1. The van der Waals surface area contributed by atoms with Crippen molar-refractivity contribution in [2.45, 2.75) is 45.4 Å². The predicted octanol–water partition coefficient (Wildman–Crippen LogP) is 4.17. The van der Waals surface area contributed by atoms with Gasteiger partial charge >= 0.3 is 5.97 Å². The second-order valence-electron chi connectivity index (χ2n) is 7.46. The van der Waals surface area contributed by atoms with Crippen LogP contribution in [0.5, 0.6) is 0 Å². The van der Waals surface area contributed by atoms with Gasteiger partial charge in [-0.25, -0.2) is 0 Å². The number of fused-ring (bicyclic) bond motifs is 1. The highest BCUT2D eigenvalue weighted by Gasteiger charge is 2.18. The van der Waals surface area contributed by atoms with Crippen molar-refractivity contribution in [3.8, 4) is 0 Å². The lowest BCUT2D eigenvalue weighted by molar-refractivity contribution is -0.385. The minimum atomic E-state index is -0.656. The summed E-state index contributed by atoms with van der Waals surface area (Å²) in [5, 5.41) is 11.0. The summed E-state index contributed by atoms with van der Waals surface area (Å²) in [7, 11) is 0. The Morgan fingerprint density at radius 1 is 0.933 bits per heavy atom. The molecule has 0 fully saturated rings. The summed E-state index contributed by atoms with van der Waals surface area (Å²) >= 11 is 0. The number of ether oxygens (including phenoxy) is 1. The minimum Gasteiger partial charge on any atom is -0.457 e. The lowest BCUT2D eigenvalue weighted by Crippen LogP contribution is -2.15. The van der Waals surface area contributed by atoms with E-state index < -0.39 is 23.3 Å².